The standard InChI is InChI=1S/C24H31N5O4/c1-4-28-22(31)20-13-19(21(30)25-14-16-8-7-11-18(12-16)33-3)27-29(20)15-24(28,2)23(32)26-17-9-5-6-10-17/h7-8,11-13,17H,4-6,9-10,14-15H2,1-3H3,(H,25,30)(H,26,32). The van der Waals surface area contributed by atoms with E-state index in [0.29, 0.717) is 24.5 Å². The Morgan fingerprint density at radius 1 is 1.24 bits per heavy atom. The zero-order chi connectivity index (χ0) is 23.6. The molecule has 33 heavy (non-hydrogen) atoms. The molecule has 9 heteroatoms. The lowest BCUT2D eigenvalue weighted by molar-refractivity contribution is -0.133. The molecule has 2 N–H and O–H groups in total. The van der Waals surface area contributed by atoms with Crippen molar-refractivity contribution < 1.29 is 19.1 Å². The fraction of sp³-hybridized carbons (Fsp3) is 0.500. The number of nitrogens with zero attached hydrogens (tertiary/aromatic N) is 3. The number of hydrogen-bond acceptors (Lipinski definition) is 5. The molecule has 0 bridgehead atoms. The molecule has 1 aromatic carbocycles. The van der Waals surface area contributed by atoms with Crippen LogP contribution in [0.25, 0.3) is 0 Å². The Labute approximate surface area is 193 Å². The minimum Gasteiger partial charge on any atom is -0.497 e. The summed E-state index contributed by atoms with van der Waals surface area (Å²) in [4.78, 5) is 40.8. The number of likely N-dealkylation sites (N-methyl/N-ethyl adjacent to an activating group) is 1. The molecule has 2 aliphatic rings. The van der Waals surface area contributed by atoms with Crippen molar-refractivity contribution in [3.05, 3.63) is 47.3 Å². The Hall–Kier alpha value is -3.36. The van der Waals surface area contributed by atoms with E-state index in [2.05, 4.69) is 15.7 Å². The third-order valence-corrected chi connectivity index (χ3v) is 6.61. The van der Waals surface area contributed by atoms with Gasteiger partial charge >= 0.3 is 0 Å². The predicted octanol–water partition coefficient (Wildman–Crippen LogP) is 2.11. The summed E-state index contributed by atoms with van der Waals surface area (Å²) in [5.74, 6) is -0.144. The van der Waals surface area contributed by atoms with E-state index in [1.807, 2.05) is 31.2 Å². The molecular formula is C24H31N5O4. The lowest BCUT2D eigenvalue weighted by Gasteiger charge is -2.43. The van der Waals surface area contributed by atoms with Gasteiger partial charge in [-0.3, -0.25) is 19.1 Å². The molecular weight excluding hydrogens is 422 g/mol. The summed E-state index contributed by atoms with van der Waals surface area (Å²) in [5, 5.41) is 10.3. The number of carbonyl (C=O) groups excluding carboxylic acids is 3. The maximum Gasteiger partial charge on any atom is 0.273 e. The molecule has 1 atom stereocenters. The number of ether oxygens (including phenoxy) is 1. The normalized spacial score (nSPS) is 20.5. The molecule has 4 rings (SSSR count). The molecule has 0 spiro atoms. The molecule has 1 fully saturated rings. The fourth-order valence-electron chi connectivity index (χ4n) is 4.71. The monoisotopic (exact) mass is 453 g/mol. The van der Waals surface area contributed by atoms with Gasteiger partial charge in [-0.25, -0.2) is 0 Å². The largest absolute Gasteiger partial charge is 0.497 e. The first-order valence-corrected chi connectivity index (χ1v) is 11.5. The Kier molecular flexibility index (Phi) is 6.40. The first-order valence-electron chi connectivity index (χ1n) is 11.5. The third kappa shape index (κ3) is 4.44. The highest BCUT2D eigenvalue weighted by atomic mass is 16.5. The minimum absolute atomic E-state index is 0.151. The van der Waals surface area contributed by atoms with E-state index >= 15 is 0 Å². The summed E-state index contributed by atoms with van der Waals surface area (Å²) in [6.45, 7) is 4.51. The van der Waals surface area contributed by atoms with Crippen molar-refractivity contribution in [2.45, 2.75) is 64.2 Å². The van der Waals surface area contributed by atoms with Gasteiger partial charge in [0.05, 0.1) is 13.7 Å². The number of aromatic nitrogens is 2. The molecule has 0 radical (unpaired) electrons. The van der Waals surface area contributed by atoms with Crippen LogP contribution >= 0.6 is 0 Å². The lowest BCUT2D eigenvalue weighted by Crippen LogP contribution is -2.64. The maximum atomic E-state index is 13.2. The van der Waals surface area contributed by atoms with E-state index in [4.69, 9.17) is 4.74 Å². The number of rotatable bonds is 7. The molecule has 2 heterocycles. The second-order valence-corrected chi connectivity index (χ2v) is 8.88. The van der Waals surface area contributed by atoms with E-state index < -0.39 is 5.54 Å². The molecule has 1 saturated carbocycles. The molecule has 3 amide bonds. The maximum absolute atomic E-state index is 13.2. The summed E-state index contributed by atoms with van der Waals surface area (Å²) in [5.41, 5.74) is 0.283. The van der Waals surface area contributed by atoms with Crippen molar-refractivity contribution in [2.75, 3.05) is 13.7 Å². The van der Waals surface area contributed by atoms with Gasteiger partial charge in [0.1, 0.15) is 17.0 Å². The number of hydrogen-bond donors (Lipinski definition) is 2. The van der Waals surface area contributed by atoms with E-state index in [0.717, 1.165) is 31.2 Å². The lowest BCUT2D eigenvalue weighted by atomic mass is 9.94. The van der Waals surface area contributed by atoms with Crippen molar-refractivity contribution in [3.63, 3.8) is 0 Å². The highest BCUT2D eigenvalue weighted by Crippen LogP contribution is 2.28. The third-order valence-electron chi connectivity index (χ3n) is 6.61. The topological polar surface area (TPSA) is 106 Å². The van der Waals surface area contributed by atoms with Gasteiger partial charge in [-0.05, 0) is 44.4 Å². The highest BCUT2D eigenvalue weighted by Gasteiger charge is 2.48. The van der Waals surface area contributed by atoms with Gasteiger partial charge in [-0.2, -0.15) is 5.10 Å². The first-order chi connectivity index (χ1) is 15.9. The SMILES string of the molecule is CCN1C(=O)c2cc(C(=O)NCc3cccc(OC)c3)nn2CC1(C)C(=O)NC1CCCC1. The van der Waals surface area contributed by atoms with Crippen molar-refractivity contribution >= 4 is 17.7 Å². The predicted molar refractivity (Wildman–Crippen MR) is 122 cm³/mol. The van der Waals surface area contributed by atoms with Gasteiger partial charge in [0.2, 0.25) is 5.91 Å². The van der Waals surface area contributed by atoms with Crippen LogP contribution in [0.1, 0.15) is 66.1 Å². The molecule has 176 valence electrons. The van der Waals surface area contributed by atoms with Crippen LogP contribution in [0.5, 0.6) is 5.75 Å². The van der Waals surface area contributed by atoms with Crippen LogP contribution in [0.2, 0.25) is 0 Å². The van der Waals surface area contributed by atoms with Crippen LogP contribution in [-0.4, -0.2) is 57.6 Å². The minimum atomic E-state index is -1.07. The number of fused-ring (bicyclic) bond motifs is 1. The molecule has 1 aliphatic heterocycles. The van der Waals surface area contributed by atoms with E-state index in [-0.39, 0.29) is 36.0 Å². The van der Waals surface area contributed by atoms with Crippen molar-refractivity contribution in [1.82, 2.24) is 25.3 Å². The van der Waals surface area contributed by atoms with Gasteiger partial charge in [-0.1, -0.05) is 25.0 Å². The van der Waals surface area contributed by atoms with Crippen LogP contribution in [0, 0.1) is 0 Å². The summed E-state index contributed by atoms with van der Waals surface area (Å²) >= 11 is 0. The first kappa shape index (κ1) is 22.8. The van der Waals surface area contributed by atoms with Crippen LogP contribution in [0.15, 0.2) is 30.3 Å². The Morgan fingerprint density at radius 2 is 2.00 bits per heavy atom. The van der Waals surface area contributed by atoms with Crippen LogP contribution in [0.3, 0.4) is 0 Å². The fourth-order valence-corrected chi connectivity index (χ4v) is 4.71. The van der Waals surface area contributed by atoms with Gasteiger partial charge in [0.15, 0.2) is 5.69 Å². The summed E-state index contributed by atoms with van der Waals surface area (Å²) in [6.07, 6.45) is 4.14. The van der Waals surface area contributed by atoms with E-state index in [1.165, 1.54) is 10.7 Å². The number of nitrogens with one attached hydrogen (secondary N) is 2. The van der Waals surface area contributed by atoms with Crippen LogP contribution in [0.4, 0.5) is 0 Å². The molecule has 1 aromatic heterocycles. The highest BCUT2D eigenvalue weighted by molar-refractivity contribution is 6.01. The van der Waals surface area contributed by atoms with Gasteiger partial charge < -0.3 is 20.3 Å². The average Bonchev–Trinajstić information content (AvgIpc) is 3.48. The Balaban J connectivity index is 1.51. The molecule has 9 nitrogen and oxygen atoms in total. The molecule has 1 aliphatic carbocycles. The molecule has 0 saturated heterocycles. The second-order valence-electron chi connectivity index (χ2n) is 8.88. The van der Waals surface area contributed by atoms with Gasteiger partial charge in [0.25, 0.3) is 11.8 Å². The molecule has 1 unspecified atom stereocenters. The van der Waals surface area contributed by atoms with E-state index in [1.54, 1.807) is 18.9 Å². The van der Waals surface area contributed by atoms with Crippen LogP contribution in [-0.2, 0) is 17.9 Å². The summed E-state index contributed by atoms with van der Waals surface area (Å²) in [7, 11) is 1.59. The van der Waals surface area contributed by atoms with E-state index in [9.17, 15) is 14.4 Å². The number of amides is 3. The van der Waals surface area contributed by atoms with Gasteiger partial charge in [0, 0.05) is 25.2 Å². The van der Waals surface area contributed by atoms with Crippen LogP contribution < -0.4 is 15.4 Å². The molecule has 2 aromatic rings. The smallest absolute Gasteiger partial charge is 0.273 e. The Morgan fingerprint density at radius 3 is 2.70 bits per heavy atom. The Bertz CT molecular complexity index is 1060. The quantitative estimate of drug-likeness (QED) is 0.668. The second kappa shape index (κ2) is 9.25. The van der Waals surface area contributed by atoms with Crippen molar-refractivity contribution in [3.8, 4) is 5.75 Å². The number of carbonyl (C=O) groups is 3. The number of benzene rings is 1. The zero-order valence-corrected chi connectivity index (χ0v) is 19.4. The van der Waals surface area contributed by atoms with Crippen molar-refractivity contribution in [1.29, 1.82) is 0 Å². The summed E-state index contributed by atoms with van der Waals surface area (Å²) in [6, 6.07) is 9.07. The van der Waals surface area contributed by atoms with Gasteiger partial charge in [-0.15, -0.1) is 0 Å². The summed E-state index contributed by atoms with van der Waals surface area (Å²) < 4.78 is 6.70. The average molecular weight is 454 g/mol. The zero-order valence-electron chi connectivity index (χ0n) is 19.4. The number of methoxy groups -OCH3 is 1. The van der Waals surface area contributed by atoms with Crippen molar-refractivity contribution in [2.24, 2.45) is 0 Å².